The molecule has 1 unspecified atom stereocenters. The molecule has 2 aromatic rings. The molecule has 13 heteroatoms. The van der Waals surface area contributed by atoms with Crippen molar-refractivity contribution in [3.63, 3.8) is 0 Å². The molecular weight excluding hydrogens is 487 g/mol. The van der Waals surface area contributed by atoms with Crippen LogP contribution in [0.4, 0.5) is 0 Å². The van der Waals surface area contributed by atoms with Crippen molar-refractivity contribution in [3.8, 4) is 0 Å². The van der Waals surface area contributed by atoms with Crippen molar-refractivity contribution in [1.82, 2.24) is 20.4 Å². The fraction of sp³-hybridized carbons (Fsp3) is 0.333. The number of carbonyl (C=O) groups is 3. The molecule has 2 aliphatic heterocycles. The number of amides is 2. The van der Waals surface area contributed by atoms with E-state index in [1.54, 1.807) is 6.92 Å². The van der Waals surface area contributed by atoms with Crippen LogP contribution >= 0.6 is 46.7 Å². The number of rotatable bonds is 6. The molecule has 0 radical (unpaired) electrons. The van der Waals surface area contributed by atoms with E-state index in [1.165, 1.54) is 39.8 Å². The first-order valence-corrected chi connectivity index (χ1v) is 11.9. The largest absolute Gasteiger partial charge is 1.00 e. The van der Waals surface area contributed by atoms with E-state index in [1.807, 2.05) is 24.4 Å². The van der Waals surface area contributed by atoms with Crippen molar-refractivity contribution in [2.75, 3.05) is 0 Å². The maximum atomic E-state index is 13.1. The summed E-state index contributed by atoms with van der Waals surface area (Å²) >= 11 is 9.14. The van der Waals surface area contributed by atoms with Gasteiger partial charge in [-0.15, -0.1) is 33.3 Å². The summed E-state index contributed by atoms with van der Waals surface area (Å²) in [5, 5.41) is 25.9. The molecule has 4 rings (SSSR count). The van der Waals surface area contributed by atoms with Gasteiger partial charge in [0.15, 0.2) is 5.54 Å². The predicted octanol–water partition coefficient (Wildman–Crippen LogP) is -2.23. The quantitative estimate of drug-likeness (QED) is 0.268. The summed E-state index contributed by atoms with van der Waals surface area (Å²) < 4.78 is 0. The number of nitrogens with one attached hydrogen (secondary N) is 1. The van der Waals surface area contributed by atoms with E-state index in [2.05, 4.69) is 15.5 Å². The van der Waals surface area contributed by atoms with E-state index in [0.29, 0.717) is 15.6 Å². The second kappa shape index (κ2) is 9.38. The predicted molar refractivity (Wildman–Crippen MR) is 117 cm³/mol. The smallest absolute Gasteiger partial charge is 0.543 e. The van der Waals surface area contributed by atoms with Gasteiger partial charge < -0.3 is 15.2 Å². The van der Waals surface area contributed by atoms with E-state index in [9.17, 15) is 19.5 Å². The van der Waals surface area contributed by atoms with Gasteiger partial charge in [0, 0.05) is 21.1 Å². The Morgan fingerprint density at radius 2 is 2.16 bits per heavy atom. The number of hydrogen-bond acceptors (Lipinski definition) is 10. The van der Waals surface area contributed by atoms with Gasteiger partial charge in [-0.2, -0.15) is 0 Å². The molecule has 156 valence electrons. The zero-order chi connectivity index (χ0) is 21.6. The monoisotopic (exact) mass is 502 g/mol. The van der Waals surface area contributed by atoms with Crippen LogP contribution in [0, 0.1) is 6.92 Å². The molecule has 0 bridgehead atoms. The van der Waals surface area contributed by atoms with E-state index < -0.39 is 22.8 Å². The minimum Gasteiger partial charge on any atom is -0.543 e. The number of fused-ring (bicyclic) bond motifs is 1. The summed E-state index contributed by atoms with van der Waals surface area (Å²) in [7, 11) is 0. The SMILES string of the molecule is Cc1nnc(C2=C(C(=O)[O-])N3C(=O)C(C=S)(NC(=O)Cc4cccs4)[C@@H]3S[C@H]2C)s1.[Na+]. The molecule has 31 heavy (non-hydrogen) atoms. The zero-order valence-electron chi connectivity index (χ0n) is 16.8. The van der Waals surface area contributed by atoms with Gasteiger partial charge in [0.2, 0.25) is 5.91 Å². The molecule has 1 saturated heterocycles. The van der Waals surface area contributed by atoms with E-state index in [0.717, 1.165) is 9.78 Å². The summed E-state index contributed by atoms with van der Waals surface area (Å²) in [6, 6.07) is 3.67. The number of aryl methyl sites for hydroxylation is 1. The number of carbonyl (C=O) groups excluding carboxylic acids is 3. The molecule has 2 amide bonds. The summed E-state index contributed by atoms with van der Waals surface area (Å²) in [6.07, 6.45) is 0.112. The van der Waals surface area contributed by atoms with Crippen LogP contribution in [0.25, 0.3) is 5.57 Å². The molecule has 8 nitrogen and oxygen atoms in total. The fourth-order valence-corrected chi connectivity index (χ4v) is 7.00. The van der Waals surface area contributed by atoms with Crippen LogP contribution in [-0.2, 0) is 20.8 Å². The molecule has 1 N–H and O–H groups in total. The van der Waals surface area contributed by atoms with Crippen LogP contribution in [-0.4, -0.2) is 54.4 Å². The van der Waals surface area contributed by atoms with Gasteiger partial charge in [-0.3, -0.25) is 14.5 Å². The first-order valence-electron chi connectivity index (χ1n) is 8.83. The van der Waals surface area contributed by atoms with Crippen LogP contribution in [0.5, 0.6) is 0 Å². The molecule has 0 saturated carbocycles. The summed E-state index contributed by atoms with van der Waals surface area (Å²) in [6.45, 7) is 3.58. The number of nitrogens with zero attached hydrogens (tertiary/aromatic N) is 3. The normalized spacial score (nSPS) is 24.7. The van der Waals surface area contributed by atoms with Crippen LogP contribution in [0.3, 0.4) is 0 Å². The molecule has 4 heterocycles. The summed E-state index contributed by atoms with van der Waals surface area (Å²) in [5.41, 5.74) is -1.31. The van der Waals surface area contributed by atoms with E-state index in [4.69, 9.17) is 12.2 Å². The molecule has 1 fully saturated rings. The van der Waals surface area contributed by atoms with Gasteiger partial charge >= 0.3 is 29.6 Å². The third-order valence-corrected chi connectivity index (χ3v) is 8.43. The Morgan fingerprint density at radius 1 is 1.42 bits per heavy atom. The number of β-lactam (4-membered cyclic amide) rings is 1. The third-order valence-electron chi connectivity index (χ3n) is 4.83. The number of hydrogen-bond donors (Lipinski definition) is 1. The molecular formula is C18H15N4NaO4S4. The average Bonchev–Trinajstić information content (AvgIpc) is 3.36. The number of carboxylic acid groups (broad SMARTS) is 1. The van der Waals surface area contributed by atoms with Gasteiger partial charge in [0.05, 0.1) is 18.1 Å². The van der Waals surface area contributed by atoms with Crippen LogP contribution in [0.1, 0.15) is 21.8 Å². The van der Waals surface area contributed by atoms with Crippen LogP contribution in [0.15, 0.2) is 23.2 Å². The maximum Gasteiger partial charge on any atom is 1.00 e. The van der Waals surface area contributed by atoms with Crippen molar-refractivity contribution in [1.29, 1.82) is 0 Å². The van der Waals surface area contributed by atoms with Gasteiger partial charge in [0.1, 0.15) is 15.4 Å². The van der Waals surface area contributed by atoms with Crippen molar-refractivity contribution >= 4 is 75.4 Å². The first-order chi connectivity index (χ1) is 14.3. The van der Waals surface area contributed by atoms with Crippen molar-refractivity contribution in [3.05, 3.63) is 38.1 Å². The number of aliphatic carboxylic acids is 1. The Kier molecular flexibility index (Phi) is 7.41. The number of thiocarbonyl (C=S) groups is 1. The Morgan fingerprint density at radius 3 is 2.71 bits per heavy atom. The topological polar surface area (TPSA) is 115 Å². The second-order valence-corrected chi connectivity index (χ2v) is 10.6. The van der Waals surface area contributed by atoms with Gasteiger partial charge in [0.25, 0.3) is 5.91 Å². The summed E-state index contributed by atoms with van der Waals surface area (Å²) in [4.78, 5) is 39.7. The molecule has 0 spiro atoms. The summed E-state index contributed by atoms with van der Waals surface area (Å²) in [5.74, 6) is -2.44. The standard InChI is InChI=1S/C18H16N4O4S4.Na/c1-8-12(14-21-20-9(2)30-14)13(15(24)25)22-16(26)18(7-27,17(22)29-8)19-11(23)6-10-4-3-5-28-10;/h3-5,7-8,17H,6H2,1-2H3,(H,19,23)(H,24,25);/q;+1/p-1/t8-,17-,18?;/m0./s1. The second-order valence-electron chi connectivity index (χ2n) is 6.77. The minimum atomic E-state index is -1.48. The third kappa shape index (κ3) is 4.14. The molecule has 2 aliphatic rings. The number of thiophene rings is 1. The van der Waals surface area contributed by atoms with Crippen molar-refractivity contribution < 1.29 is 49.0 Å². The molecule has 0 aromatic carbocycles. The Balaban J connectivity index is 0.00000272. The average molecular weight is 503 g/mol. The zero-order valence-corrected chi connectivity index (χ0v) is 22.0. The number of aromatic nitrogens is 2. The first kappa shape index (κ1) is 24.5. The molecule has 3 atom stereocenters. The van der Waals surface area contributed by atoms with Crippen molar-refractivity contribution in [2.24, 2.45) is 0 Å². The number of carboxylic acids is 1. The Labute approximate surface area is 217 Å². The van der Waals surface area contributed by atoms with E-state index in [-0.39, 0.29) is 52.8 Å². The molecule has 2 aromatic heterocycles. The Bertz CT molecular complexity index is 1090. The van der Waals surface area contributed by atoms with E-state index >= 15 is 0 Å². The van der Waals surface area contributed by atoms with Gasteiger partial charge in [-0.05, 0) is 25.3 Å². The maximum absolute atomic E-state index is 13.1. The van der Waals surface area contributed by atoms with Crippen molar-refractivity contribution in [2.45, 2.75) is 36.4 Å². The number of thioether (sulfide) groups is 1. The minimum absolute atomic E-state index is 0. The van der Waals surface area contributed by atoms with Crippen LogP contribution < -0.4 is 40.0 Å². The van der Waals surface area contributed by atoms with Gasteiger partial charge in [-0.1, -0.05) is 29.6 Å². The van der Waals surface area contributed by atoms with Gasteiger partial charge in [-0.25, -0.2) is 0 Å². The van der Waals surface area contributed by atoms with Crippen LogP contribution in [0.2, 0.25) is 0 Å². The fourth-order valence-electron chi connectivity index (χ4n) is 3.51. The molecule has 0 aliphatic carbocycles. The Hall–Kier alpha value is -1.15.